The van der Waals surface area contributed by atoms with Gasteiger partial charge in [0, 0.05) is 33.2 Å². The molecule has 1 rings (SSSR count). The Morgan fingerprint density at radius 2 is 2.10 bits per heavy atom. The van der Waals surface area contributed by atoms with Crippen LogP contribution in [0.25, 0.3) is 0 Å². The number of hydrazine groups is 1. The summed E-state index contributed by atoms with van der Waals surface area (Å²) in [4.78, 5) is 0. The maximum Gasteiger partial charge on any atom is 0.0786 e. The smallest absolute Gasteiger partial charge is 0.0786 e. The zero-order valence-electron chi connectivity index (χ0n) is 6.21. The fourth-order valence-electron chi connectivity index (χ4n) is 1.04. The summed E-state index contributed by atoms with van der Waals surface area (Å²) in [5, 5.41) is 7.47. The molecule has 1 aliphatic rings. The first-order valence-electron chi connectivity index (χ1n) is 3.48. The molecule has 1 fully saturated rings. The lowest BCUT2D eigenvalue weighted by Crippen LogP contribution is -2.50. The maximum atomic E-state index is 4.79. The molecule has 0 saturated carbocycles. The van der Waals surface area contributed by atoms with Crippen molar-refractivity contribution in [2.24, 2.45) is 0 Å². The van der Waals surface area contributed by atoms with E-state index in [2.05, 4.69) is 10.3 Å². The highest BCUT2D eigenvalue weighted by molar-refractivity contribution is 7.78. The summed E-state index contributed by atoms with van der Waals surface area (Å²) in [5.41, 5.74) is 1.67. The first-order valence-corrected chi connectivity index (χ1v) is 3.95. The Balaban J connectivity index is 2.30. The average Bonchev–Trinajstić information content (AvgIpc) is 2.05. The van der Waals surface area contributed by atoms with Crippen LogP contribution in [0.1, 0.15) is 0 Å². The standard InChI is InChI=1S/C6H13N3S/c1-8(6-10)9-4-2-7-3-5-9/h6-7H,2-5H2,1H3. The van der Waals surface area contributed by atoms with E-state index in [0.717, 1.165) is 26.2 Å². The minimum Gasteiger partial charge on any atom is -0.314 e. The number of rotatable bonds is 2. The molecule has 1 aliphatic heterocycles. The van der Waals surface area contributed by atoms with Gasteiger partial charge in [-0.2, -0.15) is 0 Å². The Morgan fingerprint density at radius 1 is 1.50 bits per heavy atom. The first-order chi connectivity index (χ1) is 4.84. The third-order valence-electron chi connectivity index (χ3n) is 1.69. The van der Waals surface area contributed by atoms with Crippen LogP contribution in [0.5, 0.6) is 0 Å². The van der Waals surface area contributed by atoms with Crippen molar-refractivity contribution in [3.05, 3.63) is 0 Å². The van der Waals surface area contributed by atoms with Crippen LogP contribution in [0.2, 0.25) is 0 Å². The summed E-state index contributed by atoms with van der Waals surface area (Å²) in [6.45, 7) is 4.24. The van der Waals surface area contributed by atoms with E-state index in [1.807, 2.05) is 12.1 Å². The van der Waals surface area contributed by atoms with Gasteiger partial charge in [0.1, 0.15) is 0 Å². The van der Waals surface area contributed by atoms with Crippen LogP contribution in [0.4, 0.5) is 0 Å². The van der Waals surface area contributed by atoms with E-state index in [4.69, 9.17) is 12.2 Å². The lowest BCUT2D eigenvalue weighted by atomic mass is 10.4. The molecule has 1 N–H and O–H groups in total. The molecule has 0 aromatic rings. The van der Waals surface area contributed by atoms with E-state index in [1.54, 1.807) is 5.49 Å². The van der Waals surface area contributed by atoms with Gasteiger partial charge >= 0.3 is 0 Å². The predicted octanol–water partition coefficient (Wildman–Crippen LogP) is -0.304. The minimum absolute atomic E-state index is 1.06. The van der Waals surface area contributed by atoms with Crippen LogP contribution < -0.4 is 5.32 Å². The summed E-state index contributed by atoms with van der Waals surface area (Å²) in [6, 6.07) is 0. The third kappa shape index (κ3) is 1.90. The molecular formula is C6H13N3S. The van der Waals surface area contributed by atoms with E-state index in [1.165, 1.54) is 0 Å². The van der Waals surface area contributed by atoms with Gasteiger partial charge in [-0.05, 0) is 0 Å². The lowest BCUT2D eigenvalue weighted by molar-refractivity contribution is 0.0628. The molecule has 0 radical (unpaired) electrons. The number of nitrogens with one attached hydrogen (secondary N) is 1. The van der Waals surface area contributed by atoms with Crippen molar-refractivity contribution in [1.82, 2.24) is 15.3 Å². The molecule has 1 heterocycles. The van der Waals surface area contributed by atoms with Crippen molar-refractivity contribution in [3.63, 3.8) is 0 Å². The number of hydrogen-bond acceptors (Lipinski definition) is 3. The van der Waals surface area contributed by atoms with Crippen molar-refractivity contribution in [2.75, 3.05) is 33.2 Å². The van der Waals surface area contributed by atoms with Crippen molar-refractivity contribution in [3.8, 4) is 0 Å². The van der Waals surface area contributed by atoms with E-state index >= 15 is 0 Å². The van der Waals surface area contributed by atoms with Crippen LogP contribution in [-0.4, -0.2) is 48.7 Å². The molecule has 0 atom stereocenters. The Labute approximate surface area is 67.0 Å². The second-order valence-electron chi connectivity index (χ2n) is 2.38. The van der Waals surface area contributed by atoms with Crippen LogP contribution in [0, 0.1) is 0 Å². The molecule has 0 unspecified atom stereocenters. The summed E-state index contributed by atoms with van der Waals surface area (Å²) in [7, 11) is 1.98. The second-order valence-corrected chi connectivity index (χ2v) is 2.59. The van der Waals surface area contributed by atoms with Crippen molar-refractivity contribution < 1.29 is 0 Å². The molecule has 4 heteroatoms. The van der Waals surface area contributed by atoms with Gasteiger partial charge in [-0.25, -0.2) is 5.01 Å². The number of piperazine rings is 1. The van der Waals surface area contributed by atoms with Crippen LogP contribution in [-0.2, 0) is 0 Å². The third-order valence-corrected chi connectivity index (χ3v) is 2.00. The molecule has 0 aromatic carbocycles. The van der Waals surface area contributed by atoms with Gasteiger partial charge in [-0.3, -0.25) is 0 Å². The molecule has 3 nitrogen and oxygen atoms in total. The molecule has 0 aromatic heterocycles. The minimum atomic E-state index is 1.06. The molecule has 0 bridgehead atoms. The Morgan fingerprint density at radius 3 is 2.60 bits per heavy atom. The van der Waals surface area contributed by atoms with Gasteiger partial charge in [0.25, 0.3) is 0 Å². The number of thiocarbonyl (C=S) groups is 1. The summed E-state index contributed by atoms with van der Waals surface area (Å²) in [6.07, 6.45) is 0. The van der Waals surface area contributed by atoms with Crippen molar-refractivity contribution >= 4 is 17.7 Å². The zero-order valence-corrected chi connectivity index (χ0v) is 7.02. The highest BCUT2D eigenvalue weighted by Crippen LogP contribution is 1.93. The molecule has 0 spiro atoms. The maximum absolute atomic E-state index is 4.79. The summed E-state index contributed by atoms with van der Waals surface area (Å²) >= 11 is 4.79. The van der Waals surface area contributed by atoms with Crippen LogP contribution >= 0.6 is 12.2 Å². The molecule has 0 amide bonds. The fourth-order valence-corrected chi connectivity index (χ4v) is 1.17. The summed E-state index contributed by atoms with van der Waals surface area (Å²) < 4.78 is 0. The van der Waals surface area contributed by atoms with E-state index in [9.17, 15) is 0 Å². The normalized spacial score (nSPS) is 20.5. The predicted molar refractivity (Wildman–Crippen MR) is 45.9 cm³/mol. The van der Waals surface area contributed by atoms with Gasteiger partial charge in [0.2, 0.25) is 0 Å². The Hall–Kier alpha value is -0.190. The molecular weight excluding hydrogens is 146 g/mol. The first kappa shape index (κ1) is 7.91. The molecule has 1 saturated heterocycles. The van der Waals surface area contributed by atoms with Gasteiger partial charge in [-0.1, -0.05) is 12.2 Å². The molecule has 0 aliphatic carbocycles. The van der Waals surface area contributed by atoms with E-state index < -0.39 is 0 Å². The van der Waals surface area contributed by atoms with Gasteiger partial charge in [-0.15, -0.1) is 0 Å². The van der Waals surface area contributed by atoms with Crippen molar-refractivity contribution in [2.45, 2.75) is 0 Å². The van der Waals surface area contributed by atoms with Gasteiger partial charge in [0.05, 0.1) is 5.49 Å². The zero-order chi connectivity index (χ0) is 7.40. The van der Waals surface area contributed by atoms with E-state index in [-0.39, 0.29) is 0 Å². The average molecular weight is 159 g/mol. The quantitative estimate of drug-likeness (QED) is 0.557. The Kier molecular flexibility index (Phi) is 3.05. The lowest BCUT2D eigenvalue weighted by Gasteiger charge is -2.33. The molecule has 10 heavy (non-hydrogen) atoms. The fraction of sp³-hybridized carbons (Fsp3) is 0.833. The highest BCUT2D eigenvalue weighted by Gasteiger charge is 2.10. The van der Waals surface area contributed by atoms with Gasteiger partial charge < -0.3 is 10.3 Å². The Bertz CT molecular complexity index is 112. The highest BCUT2D eigenvalue weighted by atomic mass is 32.1. The van der Waals surface area contributed by atoms with Crippen LogP contribution in [0.3, 0.4) is 0 Å². The van der Waals surface area contributed by atoms with Gasteiger partial charge in [0.15, 0.2) is 0 Å². The topological polar surface area (TPSA) is 18.5 Å². The SMILES string of the molecule is CN(C=S)N1CCNCC1. The molecule has 58 valence electrons. The second kappa shape index (κ2) is 3.85. The number of hydrogen-bond donors (Lipinski definition) is 1. The van der Waals surface area contributed by atoms with Crippen LogP contribution in [0.15, 0.2) is 0 Å². The van der Waals surface area contributed by atoms with Crippen molar-refractivity contribution in [1.29, 1.82) is 0 Å². The largest absolute Gasteiger partial charge is 0.314 e. The summed E-state index contributed by atoms with van der Waals surface area (Å²) in [5.74, 6) is 0. The monoisotopic (exact) mass is 159 g/mol. The number of nitrogens with zero attached hydrogens (tertiary/aromatic N) is 2. The van der Waals surface area contributed by atoms with E-state index in [0.29, 0.717) is 0 Å².